The van der Waals surface area contributed by atoms with E-state index in [0.717, 1.165) is 38.7 Å². The average Bonchev–Trinajstić information content (AvgIpc) is 3.59. The Hall–Kier alpha value is -3.97. The van der Waals surface area contributed by atoms with Crippen LogP contribution in [-0.2, 0) is 9.31 Å². The molecule has 41 heavy (non-hydrogen) atoms. The number of thiophene rings is 1. The van der Waals surface area contributed by atoms with E-state index in [4.69, 9.17) is 14.3 Å². The number of benzene rings is 4. The Balaban J connectivity index is 1.56. The molecule has 0 atom stereocenters. The van der Waals surface area contributed by atoms with Crippen LogP contribution in [0.5, 0.6) is 0 Å². The van der Waals surface area contributed by atoms with Crippen molar-refractivity contribution >= 4 is 66.0 Å². The van der Waals surface area contributed by atoms with E-state index in [2.05, 4.69) is 135 Å². The Labute approximate surface area is 243 Å². The highest BCUT2D eigenvalue weighted by Crippen LogP contribution is 2.47. The lowest BCUT2D eigenvalue weighted by Gasteiger charge is -2.32. The fourth-order valence-corrected chi connectivity index (χ4v) is 7.48. The third kappa shape index (κ3) is 3.58. The number of aromatic nitrogens is 2. The summed E-state index contributed by atoms with van der Waals surface area (Å²) in [6, 6.07) is 36.2. The number of hydrogen-bond acceptors (Lipinski definition) is 4. The Kier molecular flexibility index (Phi) is 5.30. The Morgan fingerprint density at radius 2 is 1.34 bits per heavy atom. The predicted molar refractivity (Wildman–Crippen MR) is 173 cm³/mol. The summed E-state index contributed by atoms with van der Waals surface area (Å²) < 4.78 is 18.1. The molecule has 8 rings (SSSR count). The molecule has 4 aromatic carbocycles. The lowest BCUT2D eigenvalue weighted by molar-refractivity contribution is 0.00578. The Morgan fingerprint density at radius 3 is 2.07 bits per heavy atom. The molecule has 0 radical (unpaired) electrons. The molecule has 1 saturated heterocycles. The minimum absolute atomic E-state index is 0.434. The van der Waals surface area contributed by atoms with Gasteiger partial charge in [-0.3, -0.25) is 0 Å². The van der Waals surface area contributed by atoms with Gasteiger partial charge in [-0.2, -0.15) is 0 Å². The second-order valence-electron chi connectivity index (χ2n) is 11.8. The monoisotopic (exact) mass is 552 g/mol. The number of pyridine rings is 1. The van der Waals surface area contributed by atoms with Gasteiger partial charge < -0.3 is 13.9 Å². The standard InChI is InChI=1S/C35H29BN2O2S/c1-34(2)35(3,4)40-36(39-34)25-19-13-20-26-28(25)33-29(30(37-26)22-14-7-5-8-15-22)31-32(41-33)24-18-11-12-21-27(24)38(31)23-16-9-6-10-17-23/h5-21H,1-4H3. The van der Waals surface area contributed by atoms with Crippen LogP contribution in [0.25, 0.3) is 59.1 Å². The van der Waals surface area contributed by atoms with Crippen LogP contribution in [0.1, 0.15) is 27.7 Å². The maximum atomic E-state index is 6.59. The van der Waals surface area contributed by atoms with E-state index < -0.39 is 18.3 Å². The van der Waals surface area contributed by atoms with Gasteiger partial charge in [0.2, 0.25) is 0 Å². The molecule has 0 amide bonds. The molecular formula is C35H29BN2O2S. The molecular weight excluding hydrogens is 523 g/mol. The van der Waals surface area contributed by atoms with Gasteiger partial charge in [0, 0.05) is 32.1 Å². The first kappa shape index (κ1) is 24.8. The van der Waals surface area contributed by atoms with E-state index in [1.807, 2.05) is 11.3 Å². The first-order chi connectivity index (χ1) is 19.8. The average molecular weight is 553 g/mol. The molecule has 1 fully saturated rings. The molecule has 0 N–H and O–H groups in total. The van der Waals surface area contributed by atoms with E-state index in [1.165, 1.54) is 25.8 Å². The summed E-state index contributed by atoms with van der Waals surface area (Å²) in [7, 11) is -0.481. The minimum Gasteiger partial charge on any atom is -0.399 e. The molecule has 4 nitrogen and oxygen atoms in total. The molecule has 200 valence electrons. The number of fused-ring (bicyclic) bond motifs is 7. The second-order valence-corrected chi connectivity index (χ2v) is 12.8. The molecule has 4 heterocycles. The van der Waals surface area contributed by atoms with Crippen molar-refractivity contribution in [2.45, 2.75) is 38.9 Å². The van der Waals surface area contributed by atoms with Crippen molar-refractivity contribution in [2.75, 3.05) is 0 Å². The third-order valence-corrected chi connectivity index (χ3v) is 10.1. The minimum atomic E-state index is -0.481. The maximum absolute atomic E-state index is 6.59. The van der Waals surface area contributed by atoms with Gasteiger partial charge in [0.15, 0.2) is 0 Å². The van der Waals surface area contributed by atoms with Crippen LogP contribution in [0.15, 0.2) is 103 Å². The van der Waals surface area contributed by atoms with E-state index in [0.29, 0.717) is 0 Å². The van der Waals surface area contributed by atoms with Crippen molar-refractivity contribution < 1.29 is 9.31 Å². The summed E-state index contributed by atoms with van der Waals surface area (Å²) in [5, 5.41) is 3.51. The van der Waals surface area contributed by atoms with Gasteiger partial charge in [-0.05, 0) is 57.4 Å². The van der Waals surface area contributed by atoms with Gasteiger partial charge >= 0.3 is 7.12 Å². The molecule has 3 aromatic heterocycles. The van der Waals surface area contributed by atoms with Crippen molar-refractivity contribution in [2.24, 2.45) is 0 Å². The van der Waals surface area contributed by atoms with E-state index in [1.54, 1.807) is 0 Å². The van der Waals surface area contributed by atoms with E-state index in [-0.39, 0.29) is 0 Å². The Bertz CT molecular complexity index is 2100. The first-order valence-electron chi connectivity index (χ1n) is 14.1. The van der Waals surface area contributed by atoms with Crippen LogP contribution in [0.2, 0.25) is 0 Å². The topological polar surface area (TPSA) is 36.3 Å². The van der Waals surface area contributed by atoms with Crippen LogP contribution in [0.3, 0.4) is 0 Å². The third-order valence-electron chi connectivity index (χ3n) is 8.84. The molecule has 0 unspecified atom stereocenters. The van der Waals surface area contributed by atoms with Gasteiger partial charge in [0.25, 0.3) is 0 Å². The van der Waals surface area contributed by atoms with Crippen LogP contribution >= 0.6 is 11.3 Å². The molecule has 0 spiro atoms. The van der Waals surface area contributed by atoms with Gasteiger partial charge in [-0.15, -0.1) is 11.3 Å². The molecule has 1 aliphatic rings. The normalized spacial score (nSPS) is 16.4. The highest BCUT2D eigenvalue weighted by Gasteiger charge is 2.52. The van der Waals surface area contributed by atoms with Crippen molar-refractivity contribution in [3.63, 3.8) is 0 Å². The van der Waals surface area contributed by atoms with Gasteiger partial charge in [-0.1, -0.05) is 78.9 Å². The SMILES string of the molecule is CC1(C)OB(c2cccc3nc(-c4ccccc4)c4c(sc5c6ccccc6n(-c6ccccc6)c54)c23)OC1(C)C. The largest absolute Gasteiger partial charge is 0.495 e. The van der Waals surface area contributed by atoms with Crippen molar-refractivity contribution in [1.82, 2.24) is 9.55 Å². The number of para-hydroxylation sites is 2. The number of rotatable bonds is 3. The predicted octanol–water partition coefficient (Wildman–Crippen LogP) is 8.51. The zero-order chi connectivity index (χ0) is 27.9. The first-order valence-corrected chi connectivity index (χ1v) is 14.9. The highest BCUT2D eigenvalue weighted by molar-refractivity contribution is 7.27. The zero-order valence-corrected chi connectivity index (χ0v) is 24.3. The molecule has 0 saturated carbocycles. The number of hydrogen-bond donors (Lipinski definition) is 0. The zero-order valence-electron chi connectivity index (χ0n) is 23.5. The van der Waals surface area contributed by atoms with Crippen molar-refractivity contribution in [1.29, 1.82) is 0 Å². The molecule has 0 aliphatic carbocycles. The fraction of sp³-hybridized carbons (Fsp3) is 0.171. The summed E-state index contributed by atoms with van der Waals surface area (Å²) in [5.74, 6) is 0. The van der Waals surface area contributed by atoms with Crippen LogP contribution in [0.4, 0.5) is 0 Å². The summed E-state index contributed by atoms with van der Waals surface area (Å²) in [6.07, 6.45) is 0. The summed E-state index contributed by atoms with van der Waals surface area (Å²) >= 11 is 1.85. The molecule has 6 heteroatoms. The van der Waals surface area contributed by atoms with Crippen LogP contribution in [-0.4, -0.2) is 27.9 Å². The van der Waals surface area contributed by atoms with Crippen molar-refractivity contribution in [3.8, 4) is 16.9 Å². The van der Waals surface area contributed by atoms with Gasteiger partial charge in [0.05, 0.1) is 38.1 Å². The van der Waals surface area contributed by atoms with Gasteiger partial charge in [-0.25, -0.2) is 4.98 Å². The molecule has 1 aliphatic heterocycles. The van der Waals surface area contributed by atoms with E-state index >= 15 is 0 Å². The summed E-state index contributed by atoms with van der Waals surface area (Å²) in [6.45, 7) is 8.42. The smallest absolute Gasteiger partial charge is 0.399 e. The number of nitrogens with zero attached hydrogens (tertiary/aromatic N) is 2. The molecule has 7 aromatic rings. The van der Waals surface area contributed by atoms with Gasteiger partial charge in [0.1, 0.15) is 0 Å². The van der Waals surface area contributed by atoms with Crippen LogP contribution in [0, 0.1) is 0 Å². The lowest BCUT2D eigenvalue weighted by Crippen LogP contribution is -2.41. The lowest BCUT2D eigenvalue weighted by atomic mass is 9.76. The molecule has 0 bridgehead atoms. The van der Waals surface area contributed by atoms with E-state index in [9.17, 15) is 0 Å². The highest BCUT2D eigenvalue weighted by atomic mass is 32.1. The Morgan fingerprint density at radius 1 is 0.683 bits per heavy atom. The fourth-order valence-electron chi connectivity index (χ4n) is 6.09. The maximum Gasteiger partial charge on any atom is 0.495 e. The summed E-state index contributed by atoms with van der Waals surface area (Å²) in [5.41, 5.74) is 6.72. The van der Waals surface area contributed by atoms with Crippen LogP contribution < -0.4 is 5.46 Å². The quantitative estimate of drug-likeness (QED) is 0.206. The van der Waals surface area contributed by atoms with Crippen molar-refractivity contribution in [3.05, 3.63) is 103 Å². The summed E-state index contributed by atoms with van der Waals surface area (Å²) in [4.78, 5) is 5.39. The second kappa shape index (κ2) is 8.77.